The molecule has 1 aliphatic rings. The summed E-state index contributed by atoms with van der Waals surface area (Å²) in [5, 5.41) is 0. The van der Waals surface area contributed by atoms with E-state index >= 15 is 0 Å². The number of methoxy groups -OCH3 is 1. The molecule has 0 saturated heterocycles. The van der Waals surface area contributed by atoms with Crippen molar-refractivity contribution >= 4 is 15.9 Å². The quantitative estimate of drug-likeness (QED) is 0.859. The van der Waals surface area contributed by atoms with Crippen LogP contribution >= 0.6 is 0 Å². The molecular weight excluding hydrogens is 316 g/mol. The topological polar surface area (TPSA) is 75.7 Å². The second kappa shape index (κ2) is 7.31. The van der Waals surface area contributed by atoms with Crippen LogP contribution in [0.1, 0.15) is 43.0 Å². The van der Waals surface area contributed by atoms with E-state index in [9.17, 15) is 13.2 Å². The summed E-state index contributed by atoms with van der Waals surface area (Å²) in [7, 11) is -0.622. The van der Waals surface area contributed by atoms with Crippen molar-refractivity contribution in [3.05, 3.63) is 23.8 Å². The van der Waals surface area contributed by atoms with Crippen molar-refractivity contribution in [2.45, 2.75) is 43.5 Å². The van der Waals surface area contributed by atoms with E-state index in [4.69, 9.17) is 4.74 Å². The minimum atomic E-state index is -3.72. The Labute approximate surface area is 137 Å². The first-order chi connectivity index (χ1) is 10.9. The Morgan fingerprint density at radius 2 is 2.00 bits per heavy atom. The molecule has 1 aliphatic carbocycles. The molecule has 0 atom stereocenters. The van der Waals surface area contributed by atoms with Crippen LogP contribution in [0, 0.1) is 0 Å². The molecule has 7 heteroatoms. The molecule has 0 radical (unpaired) electrons. The third-order valence-corrected chi connectivity index (χ3v) is 5.74. The number of benzene rings is 1. The largest absolute Gasteiger partial charge is 0.495 e. The van der Waals surface area contributed by atoms with Gasteiger partial charge in [0.1, 0.15) is 10.6 Å². The third-order valence-electron chi connectivity index (χ3n) is 4.20. The van der Waals surface area contributed by atoms with Crippen LogP contribution < -0.4 is 9.46 Å². The molecule has 2 rings (SSSR count). The van der Waals surface area contributed by atoms with Gasteiger partial charge in [0, 0.05) is 25.2 Å². The maximum absolute atomic E-state index is 12.7. The van der Waals surface area contributed by atoms with Crippen molar-refractivity contribution < 1.29 is 17.9 Å². The van der Waals surface area contributed by atoms with Gasteiger partial charge in [0.15, 0.2) is 0 Å². The number of nitrogens with zero attached hydrogens (tertiary/aromatic N) is 1. The van der Waals surface area contributed by atoms with E-state index in [1.54, 1.807) is 13.1 Å². The first kappa shape index (κ1) is 17.7. The normalized spacial score (nSPS) is 15.6. The van der Waals surface area contributed by atoms with Gasteiger partial charge in [-0.25, -0.2) is 13.1 Å². The Hall–Kier alpha value is -1.60. The number of sulfonamides is 1. The number of amides is 1. The maximum atomic E-state index is 12.7. The molecule has 6 nitrogen and oxygen atoms in total. The molecule has 1 aromatic carbocycles. The van der Waals surface area contributed by atoms with Crippen LogP contribution in [-0.2, 0) is 10.0 Å². The van der Waals surface area contributed by atoms with E-state index in [0.717, 1.165) is 25.7 Å². The molecule has 1 N–H and O–H groups in total. The highest BCUT2D eigenvalue weighted by Crippen LogP contribution is 2.27. The molecule has 0 unspecified atom stereocenters. The maximum Gasteiger partial charge on any atom is 0.253 e. The number of nitrogens with one attached hydrogen (secondary N) is 1. The highest BCUT2D eigenvalue weighted by atomic mass is 32.2. The van der Waals surface area contributed by atoms with E-state index in [2.05, 4.69) is 4.72 Å². The molecule has 0 aromatic heterocycles. The number of ether oxygens (including phenoxy) is 1. The van der Waals surface area contributed by atoms with Gasteiger partial charge < -0.3 is 9.64 Å². The molecule has 0 spiro atoms. The van der Waals surface area contributed by atoms with Gasteiger partial charge in [0.2, 0.25) is 10.0 Å². The SMILES string of the molecule is CCN(C)C(=O)c1ccc(OC)c(S(=O)(=O)NC2CCCC2)c1. The van der Waals surface area contributed by atoms with Gasteiger partial charge in [-0.15, -0.1) is 0 Å². The summed E-state index contributed by atoms with van der Waals surface area (Å²) in [5.74, 6) is 0.0265. The first-order valence-corrected chi connectivity index (χ1v) is 9.33. The Morgan fingerprint density at radius 3 is 2.57 bits per heavy atom. The second-order valence-corrected chi connectivity index (χ2v) is 7.47. The van der Waals surface area contributed by atoms with E-state index in [0.29, 0.717) is 12.1 Å². The lowest BCUT2D eigenvalue weighted by molar-refractivity contribution is 0.0802. The van der Waals surface area contributed by atoms with Crippen LogP contribution in [0.4, 0.5) is 0 Å². The van der Waals surface area contributed by atoms with Gasteiger partial charge in [-0.2, -0.15) is 0 Å². The molecule has 1 saturated carbocycles. The summed E-state index contributed by atoms with van der Waals surface area (Å²) in [6, 6.07) is 4.47. The molecule has 1 amide bonds. The molecule has 1 fully saturated rings. The fraction of sp³-hybridized carbons (Fsp3) is 0.562. The van der Waals surface area contributed by atoms with Gasteiger partial charge in [0.25, 0.3) is 5.91 Å². The lowest BCUT2D eigenvalue weighted by Gasteiger charge is -2.18. The summed E-state index contributed by atoms with van der Waals surface area (Å²) in [6.07, 6.45) is 3.76. The van der Waals surface area contributed by atoms with Crippen molar-refractivity contribution in [1.29, 1.82) is 0 Å². The van der Waals surface area contributed by atoms with Crippen molar-refractivity contribution in [1.82, 2.24) is 9.62 Å². The van der Waals surface area contributed by atoms with Crippen LogP contribution in [0.5, 0.6) is 5.75 Å². The van der Waals surface area contributed by atoms with Gasteiger partial charge >= 0.3 is 0 Å². The van der Waals surface area contributed by atoms with Crippen LogP contribution in [0.15, 0.2) is 23.1 Å². The number of carbonyl (C=O) groups excluding carboxylic acids is 1. The molecular formula is C16H24N2O4S. The van der Waals surface area contributed by atoms with Gasteiger partial charge in [-0.3, -0.25) is 4.79 Å². The highest BCUT2D eigenvalue weighted by Gasteiger charge is 2.26. The average Bonchev–Trinajstić information content (AvgIpc) is 3.04. The second-order valence-electron chi connectivity index (χ2n) is 5.79. The summed E-state index contributed by atoms with van der Waals surface area (Å²) in [6.45, 7) is 2.41. The van der Waals surface area contributed by atoms with E-state index < -0.39 is 10.0 Å². The third kappa shape index (κ3) is 4.03. The minimum Gasteiger partial charge on any atom is -0.495 e. The first-order valence-electron chi connectivity index (χ1n) is 7.85. The summed E-state index contributed by atoms with van der Waals surface area (Å²) in [5.41, 5.74) is 0.335. The zero-order chi connectivity index (χ0) is 17.0. The Bertz CT molecular complexity index is 667. The zero-order valence-corrected chi connectivity index (χ0v) is 14.6. The predicted molar refractivity (Wildman–Crippen MR) is 88.2 cm³/mol. The smallest absolute Gasteiger partial charge is 0.253 e. The highest BCUT2D eigenvalue weighted by molar-refractivity contribution is 7.89. The Morgan fingerprint density at radius 1 is 1.35 bits per heavy atom. The fourth-order valence-electron chi connectivity index (χ4n) is 2.71. The zero-order valence-electron chi connectivity index (χ0n) is 13.8. The Balaban J connectivity index is 2.36. The van der Waals surface area contributed by atoms with Crippen LogP contribution in [-0.4, -0.2) is 46.0 Å². The van der Waals surface area contributed by atoms with Crippen LogP contribution in [0.25, 0.3) is 0 Å². The lowest BCUT2D eigenvalue weighted by atomic mass is 10.2. The molecule has 0 bridgehead atoms. The molecule has 0 heterocycles. The monoisotopic (exact) mass is 340 g/mol. The van der Waals surface area contributed by atoms with Gasteiger partial charge in [0.05, 0.1) is 7.11 Å². The summed E-state index contributed by atoms with van der Waals surface area (Å²) >= 11 is 0. The number of hydrogen-bond acceptors (Lipinski definition) is 4. The van der Waals surface area contributed by atoms with E-state index in [1.165, 1.54) is 24.1 Å². The van der Waals surface area contributed by atoms with Crippen molar-refractivity contribution in [3.8, 4) is 5.75 Å². The summed E-state index contributed by atoms with van der Waals surface area (Å²) < 4.78 is 33.2. The van der Waals surface area contributed by atoms with Gasteiger partial charge in [-0.05, 0) is 38.0 Å². The number of carbonyl (C=O) groups is 1. The predicted octanol–water partition coefficient (Wildman–Crippen LogP) is 2.01. The van der Waals surface area contributed by atoms with Gasteiger partial charge in [-0.1, -0.05) is 12.8 Å². The van der Waals surface area contributed by atoms with E-state index in [1.807, 2.05) is 6.92 Å². The van der Waals surface area contributed by atoms with Crippen molar-refractivity contribution in [2.24, 2.45) is 0 Å². The average molecular weight is 340 g/mol. The van der Waals surface area contributed by atoms with Crippen LogP contribution in [0.2, 0.25) is 0 Å². The standard InChI is InChI=1S/C16H24N2O4S/c1-4-18(2)16(19)12-9-10-14(22-3)15(11-12)23(20,21)17-13-7-5-6-8-13/h9-11,13,17H,4-8H2,1-3H3. The lowest BCUT2D eigenvalue weighted by Crippen LogP contribution is -2.33. The molecule has 128 valence electrons. The van der Waals surface area contributed by atoms with E-state index in [-0.39, 0.29) is 22.6 Å². The number of hydrogen-bond donors (Lipinski definition) is 1. The Kier molecular flexibility index (Phi) is 5.64. The van der Waals surface area contributed by atoms with Crippen molar-refractivity contribution in [3.63, 3.8) is 0 Å². The molecule has 1 aromatic rings. The van der Waals surface area contributed by atoms with Crippen LogP contribution in [0.3, 0.4) is 0 Å². The summed E-state index contributed by atoms with van der Waals surface area (Å²) in [4.78, 5) is 13.8. The number of rotatable bonds is 6. The molecule has 0 aliphatic heterocycles. The molecule has 23 heavy (non-hydrogen) atoms. The fourth-order valence-corrected chi connectivity index (χ4v) is 4.21. The van der Waals surface area contributed by atoms with Crippen molar-refractivity contribution in [2.75, 3.05) is 20.7 Å². The minimum absolute atomic E-state index is 0.0160.